The molecular weight excluding hydrogens is 462 g/mol. The zero-order valence-electron chi connectivity index (χ0n) is 16.4. The van der Waals surface area contributed by atoms with Gasteiger partial charge < -0.3 is 5.11 Å². The van der Waals surface area contributed by atoms with Gasteiger partial charge in [-0.1, -0.05) is 18.2 Å². The van der Waals surface area contributed by atoms with Crippen LogP contribution in [0.25, 0.3) is 0 Å². The molecule has 0 saturated heterocycles. The van der Waals surface area contributed by atoms with E-state index in [0.717, 1.165) is 42.6 Å². The highest BCUT2D eigenvalue weighted by Gasteiger charge is 2.24. The molecule has 3 aromatic rings. The van der Waals surface area contributed by atoms with Gasteiger partial charge in [-0.25, -0.2) is 22.0 Å². The van der Waals surface area contributed by atoms with Crippen molar-refractivity contribution >= 4 is 39.3 Å². The quantitative estimate of drug-likeness (QED) is 0.254. The summed E-state index contributed by atoms with van der Waals surface area (Å²) < 4.78 is 55.5. The van der Waals surface area contributed by atoms with E-state index in [2.05, 4.69) is 15.2 Å². The fraction of sp³-hybridized carbons (Fsp3) is 0. The van der Waals surface area contributed by atoms with Crippen LogP contribution in [0.15, 0.2) is 70.7 Å². The lowest BCUT2D eigenvalue weighted by Gasteiger charge is -2.13. The average molecular weight is 476 g/mol. The molecule has 0 unspecified atom stereocenters. The van der Waals surface area contributed by atoms with Crippen molar-refractivity contribution in [2.75, 3.05) is 10.1 Å². The van der Waals surface area contributed by atoms with Gasteiger partial charge in [-0.15, -0.1) is 0 Å². The van der Waals surface area contributed by atoms with Crippen LogP contribution in [0.1, 0.15) is 15.9 Å². The maximum absolute atomic E-state index is 13.7. The summed E-state index contributed by atoms with van der Waals surface area (Å²) in [6.07, 6.45) is 0.773. The molecule has 0 aliphatic heterocycles. The van der Waals surface area contributed by atoms with E-state index >= 15 is 0 Å². The number of para-hydroxylation sites is 1. The Hall–Kier alpha value is -4.39. The molecule has 3 N–H and O–H groups in total. The monoisotopic (exact) mass is 476 g/mol. The van der Waals surface area contributed by atoms with Crippen LogP contribution in [0.3, 0.4) is 0 Å². The number of carbonyl (C=O) groups is 1. The molecule has 0 spiro atoms. The van der Waals surface area contributed by atoms with Crippen molar-refractivity contribution in [3.8, 4) is 0 Å². The van der Waals surface area contributed by atoms with Crippen molar-refractivity contribution in [3.05, 3.63) is 93.5 Å². The molecule has 33 heavy (non-hydrogen) atoms. The number of non-ortho nitro benzene ring substituents is 1. The number of benzene rings is 3. The van der Waals surface area contributed by atoms with E-state index in [4.69, 9.17) is 0 Å². The van der Waals surface area contributed by atoms with Crippen LogP contribution in [0.4, 0.5) is 25.8 Å². The van der Waals surface area contributed by atoms with Crippen molar-refractivity contribution in [2.24, 2.45) is 5.10 Å². The SMILES string of the molecule is O=C(O)c1ccccc1NS(=O)(=O)c1cc([N+](=O)[O-])ccc1NN=Cc1c(F)cccc1F. The number of carboxylic acids is 1. The van der Waals surface area contributed by atoms with Gasteiger partial charge in [-0.2, -0.15) is 5.10 Å². The molecule has 170 valence electrons. The zero-order valence-corrected chi connectivity index (χ0v) is 17.2. The number of aromatic carboxylic acids is 1. The molecule has 0 aromatic heterocycles. The van der Waals surface area contributed by atoms with Gasteiger partial charge in [0.1, 0.15) is 16.5 Å². The minimum atomic E-state index is -4.57. The normalized spacial score (nSPS) is 11.3. The summed E-state index contributed by atoms with van der Waals surface area (Å²) in [5.41, 5.74) is 0.321. The Kier molecular flexibility index (Phi) is 6.63. The Balaban J connectivity index is 2.01. The van der Waals surface area contributed by atoms with Crippen molar-refractivity contribution in [1.82, 2.24) is 0 Å². The van der Waals surface area contributed by atoms with Crippen LogP contribution in [0.5, 0.6) is 0 Å². The van der Waals surface area contributed by atoms with E-state index < -0.39 is 48.7 Å². The fourth-order valence-electron chi connectivity index (χ4n) is 2.70. The van der Waals surface area contributed by atoms with E-state index in [1.807, 2.05) is 0 Å². The number of nitrogens with one attached hydrogen (secondary N) is 2. The number of hydrazone groups is 1. The number of nitro groups is 1. The number of sulfonamides is 1. The Morgan fingerprint density at radius 2 is 1.70 bits per heavy atom. The maximum atomic E-state index is 13.7. The van der Waals surface area contributed by atoms with Crippen molar-refractivity contribution in [3.63, 3.8) is 0 Å². The van der Waals surface area contributed by atoms with Crippen molar-refractivity contribution in [2.45, 2.75) is 4.90 Å². The lowest BCUT2D eigenvalue weighted by atomic mass is 10.2. The third-order valence-corrected chi connectivity index (χ3v) is 5.65. The third-order valence-electron chi connectivity index (χ3n) is 4.25. The number of nitro benzene ring substituents is 1. The van der Waals surface area contributed by atoms with E-state index in [0.29, 0.717) is 0 Å². The smallest absolute Gasteiger partial charge is 0.337 e. The molecule has 0 aliphatic rings. The number of carboxylic acid groups (broad SMARTS) is 1. The summed E-state index contributed by atoms with van der Waals surface area (Å²) in [5.74, 6) is -3.23. The second kappa shape index (κ2) is 9.40. The number of nitrogens with zero attached hydrogens (tertiary/aromatic N) is 2. The lowest BCUT2D eigenvalue weighted by Crippen LogP contribution is -2.17. The summed E-state index contributed by atoms with van der Waals surface area (Å²) in [6, 6.07) is 11.0. The van der Waals surface area contributed by atoms with Crippen molar-refractivity contribution < 1.29 is 32.0 Å². The highest BCUT2D eigenvalue weighted by molar-refractivity contribution is 7.93. The second-order valence-corrected chi connectivity index (χ2v) is 8.05. The summed E-state index contributed by atoms with van der Waals surface area (Å²) in [6.45, 7) is 0. The summed E-state index contributed by atoms with van der Waals surface area (Å²) in [4.78, 5) is 21.0. The van der Waals surface area contributed by atoms with Crippen LogP contribution in [0, 0.1) is 21.7 Å². The highest BCUT2D eigenvalue weighted by Crippen LogP contribution is 2.29. The number of anilines is 2. The minimum absolute atomic E-state index is 0.270. The Morgan fingerprint density at radius 1 is 1.03 bits per heavy atom. The van der Waals surface area contributed by atoms with Gasteiger partial charge >= 0.3 is 5.97 Å². The number of rotatable bonds is 8. The van der Waals surface area contributed by atoms with Gasteiger partial charge in [0.15, 0.2) is 0 Å². The van der Waals surface area contributed by atoms with Gasteiger partial charge in [0, 0.05) is 12.1 Å². The van der Waals surface area contributed by atoms with Gasteiger partial charge in [-0.05, 0) is 30.3 Å². The van der Waals surface area contributed by atoms with Gasteiger partial charge in [0.05, 0.1) is 33.6 Å². The first kappa shape index (κ1) is 23.3. The van der Waals surface area contributed by atoms with Crippen LogP contribution in [0.2, 0.25) is 0 Å². The van der Waals surface area contributed by atoms with E-state index in [1.54, 1.807) is 0 Å². The molecule has 0 radical (unpaired) electrons. The van der Waals surface area contributed by atoms with Gasteiger partial charge in [0.2, 0.25) is 0 Å². The fourth-order valence-corrected chi connectivity index (χ4v) is 3.95. The summed E-state index contributed by atoms with van der Waals surface area (Å²) >= 11 is 0. The van der Waals surface area contributed by atoms with Crippen molar-refractivity contribution in [1.29, 1.82) is 0 Å². The zero-order chi connectivity index (χ0) is 24.2. The molecule has 0 fully saturated rings. The first-order valence-electron chi connectivity index (χ1n) is 8.97. The molecule has 13 heteroatoms. The predicted molar refractivity (Wildman–Crippen MR) is 115 cm³/mol. The first-order chi connectivity index (χ1) is 15.6. The summed E-state index contributed by atoms with van der Waals surface area (Å²) in [7, 11) is -4.57. The van der Waals surface area contributed by atoms with Gasteiger partial charge in [0.25, 0.3) is 15.7 Å². The van der Waals surface area contributed by atoms with Crippen LogP contribution < -0.4 is 10.1 Å². The molecule has 3 rings (SSSR count). The Bertz CT molecular complexity index is 1360. The molecule has 0 atom stereocenters. The molecule has 0 aliphatic carbocycles. The lowest BCUT2D eigenvalue weighted by molar-refractivity contribution is -0.385. The van der Waals surface area contributed by atoms with Crippen LogP contribution in [-0.4, -0.2) is 30.6 Å². The molecule has 10 nitrogen and oxygen atoms in total. The molecule has 0 amide bonds. The molecule has 0 saturated carbocycles. The minimum Gasteiger partial charge on any atom is -0.478 e. The Labute approximate surface area is 185 Å². The van der Waals surface area contributed by atoms with E-state index in [9.17, 15) is 37.2 Å². The topological polar surface area (TPSA) is 151 Å². The number of halogens is 2. The average Bonchev–Trinajstić information content (AvgIpc) is 2.75. The van der Waals surface area contributed by atoms with Gasteiger partial charge in [-0.3, -0.25) is 20.3 Å². The molecule has 0 heterocycles. The van der Waals surface area contributed by atoms with E-state index in [1.165, 1.54) is 24.3 Å². The Morgan fingerprint density at radius 3 is 2.33 bits per heavy atom. The maximum Gasteiger partial charge on any atom is 0.337 e. The molecule has 3 aromatic carbocycles. The molecule has 0 bridgehead atoms. The molecular formula is C20H14F2N4O6S. The third kappa shape index (κ3) is 5.27. The largest absolute Gasteiger partial charge is 0.478 e. The highest BCUT2D eigenvalue weighted by atomic mass is 32.2. The second-order valence-electron chi connectivity index (χ2n) is 6.40. The van der Waals surface area contributed by atoms with Crippen LogP contribution >= 0.6 is 0 Å². The first-order valence-corrected chi connectivity index (χ1v) is 10.4. The standard InChI is InChI=1S/C20H14F2N4O6S/c21-15-5-3-6-16(22)14(15)11-23-24-18-9-8-12(26(29)30)10-19(18)33(31,32)25-17-7-2-1-4-13(17)20(27)28/h1-11,24-25H,(H,27,28). The number of hydrogen-bond donors (Lipinski definition) is 3. The summed E-state index contributed by atoms with van der Waals surface area (Å²) in [5, 5.41) is 24.0. The van der Waals surface area contributed by atoms with Crippen LogP contribution in [-0.2, 0) is 10.0 Å². The number of hydrogen-bond acceptors (Lipinski definition) is 7. The predicted octanol–water partition coefficient (Wildman–Crippen LogP) is 3.82. The van der Waals surface area contributed by atoms with E-state index in [-0.39, 0.29) is 16.9 Å².